The maximum atomic E-state index is 15.4. The minimum absolute atomic E-state index is 0.0113. The van der Waals surface area contributed by atoms with E-state index in [1.807, 2.05) is 36.5 Å². The number of aliphatic hydroxyl groups is 1. The van der Waals surface area contributed by atoms with Gasteiger partial charge in [0, 0.05) is 101 Å². The van der Waals surface area contributed by atoms with E-state index in [0.717, 1.165) is 86.5 Å². The molecular weight excluding hydrogens is 1000 g/mol. The average molecular weight is 1060 g/mol. The SMILES string of the molecule is Cn1cc(-c2cccc(-n3ccc4cc(C5CC5)cc(F)c4c3=O)c2CO)nc(Nc2ccc(N3CCN(CCOCCn4cc(CCOCCCc5cccc6c5CN(C5CCC(=O)NC5=O)C6=O)nn4)CC3)cn2)c1=O. The number of carbonyl (C=O) groups is 3. The van der Waals surface area contributed by atoms with E-state index in [2.05, 4.69) is 40.7 Å². The molecule has 0 spiro atoms. The van der Waals surface area contributed by atoms with Crippen molar-refractivity contribution in [1.29, 1.82) is 0 Å². The number of nitrogens with zero attached hydrogens (tertiary/aromatic N) is 10. The lowest BCUT2D eigenvalue weighted by atomic mass is 10.00. The Bertz CT molecular complexity index is 3510. The van der Waals surface area contributed by atoms with Gasteiger partial charge in [0.1, 0.15) is 17.7 Å². The lowest BCUT2D eigenvalue weighted by molar-refractivity contribution is -0.136. The van der Waals surface area contributed by atoms with Crippen molar-refractivity contribution < 1.29 is 33.4 Å². The van der Waals surface area contributed by atoms with Gasteiger partial charge in [-0.15, -0.1) is 5.10 Å². The summed E-state index contributed by atoms with van der Waals surface area (Å²) in [6.45, 7) is 6.78. The van der Waals surface area contributed by atoms with Crippen molar-refractivity contribution in [3.05, 3.63) is 152 Å². The molecule has 3 fully saturated rings. The molecule has 0 bridgehead atoms. The maximum Gasteiger partial charge on any atom is 0.293 e. The number of piperidine rings is 1. The number of carbonyl (C=O) groups excluding carboxylic acids is 3. The maximum absolute atomic E-state index is 15.4. The van der Waals surface area contributed by atoms with Crippen molar-refractivity contribution >= 4 is 45.8 Å². The lowest BCUT2D eigenvalue weighted by Gasteiger charge is -2.35. The molecule has 21 heteroatoms. The third-order valence-corrected chi connectivity index (χ3v) is 15.2. The topological polar surface area (TPSA) is 224 Å². The highest BCUT2D eigenvalue weighted by Gasteiger charge is 2.40. The van der Waals surface area contributed by atoms with Crippen molar-refractivity contribution in [1.82, 2.24) is 49.2 Å². The fourth-order valence-corrected chi connectivity index (χ4v) is 10.8. The highest BCUT2D eigenvalue weighted by atomic mass is 19.1. The number of pyridine rings is 2. The van der Waals surface area contributed by atoms with E-state index < -0.39 is 29.9 Å². The molecule has 1 aliphatic carbocycles. The molecule has 1 atom stereocenters. The molecule has 20 nitrogen and oxygen atoms in total. The van der Waals surface area contributed by atoms with E-state index in [0.29, 0.717) is 97.6 Å². The number of fused-ring (bicyclic) bond motifs is 2. The van der Waals surface area contributed by atoms with Gasteiger partial charge in [0.25, 0.3) is 17.0 Å². The van der Waals surface area contributed by atoms with Crippen LogP contribution in [0.1, 0.15) is 76.3 Å². The molecule has 78 heavy (non-hydrogen) atoms. The van der Waals surface area contributed by atoms with Gasteiger partial charge in [-0.2, -0.15) is 0 Å². The minimum atomic E-state index is -0.633. The number of anilines is 3. The second-order valence-electron chi connectivity index (χ2n) is 20.3. The zero-order valence-corrected chi connectivity index (χ0v) is 43.4. The predicted octanol–water partition coefficient (Wildman–Crippen LogP) is 4.78. The van der Waals surface area contributed by atoms with E-state index in [-0.39, 0.29) is 35.0 Å². The first-order valence-corrected chi connectivity index (χ1v) is 26.7. The summed E-state index contributed by atoms with van der Waals surface area (Å²) >= 11 is 0. The first kappa shape index (κ1) is 52.1. The van der Waals surface area contributed by atoms with Crippen LogP contribution in [0.2, 0.25) is 0 Å². The fourth-order valence-electron chi connectivity index (χ4n) is 10.8. The Morgan fingerprint density at radius 1 is 0.846 bits per heavy atom. The van der Waals surface area contributed by atoms with Gasteiger partial charge in [0.05, 0.1) is 67.3 Å². The van der Waals surface area contributed by atoms with Crippen LogP contribution in [0.25, 0.3) is 27.7 Å². The van der Waals surface area contributed by atoms with Crippen LogP contribution in [-0.2, 0) is 58.6 Å². The van der Waals surface area contributed by atoms with E-state index in [4.69, 9.17) is 9.47 Å². The number of nitrogens with one attached hydrogen (secondary N) is 2. The second-order valence-corrected chi connectivity index (χ2v) is 20.3. The standard InChI is InChI=1S/C57H61FN12O8/c1-65-34-47(42-7-3-9-48(45(42)35-71)69-18-16-38-29-39(36-10-11-36)30-46(58)52(38)56(69)75)60-53(57(65)76)61-50-14-12-41(31-59-50)67-21-19-66(20-22-67)23-27-78-28-24-68-32-40(63-64-68)17-26-77-25-4-6-37-5-2-8-43-44(37)33-70(55(43)74)49-13-15-51(72)62-54(49)73/h2-3,5,7-9,12,14,16,18,29-32,34,36,49,71H,4,6,10-11,13,15,17,19-28,33,35H2,1H3,(H,59,60,61)(H,62,72,73). The van der Waals surface area contributed by atoms with Crippen LogP contribution in [-0.4, -0.2) is 132 Å². The molecule has 11 rings (SSSR count). The predicted molar refractivity (Wildman–Crippen MR) is 288 cm³/mol. The van der Waals surface area contributed by atoms with E-state index in [1.54, 1.807) is 65.6 Å². The molecule has 3 aromatic carbocycles. The highest BCUT2D eigenvalue weighted by Crippen LogP contribution is 2.41. The number of amides is 3. The number of aromatic nitrogens is 7. The number of ether oxygens (including phenoxy) is 2. The van der Waals surface area contributed by atoms with Gasteiger partial charge in [-0.3, -0.25) is 38.8 Å². The summed E-state index contributed by atoms with van der Waals surface area (Å²) < 4.78 is 31.8. The number of aliphatic hydroxyl groups excluding tert-OH is 1. The first-order chi connectivity index (χ1) is 38.0. The Morgan fingerprint density at radius 2 is 1.65 bits per heavy atom. The summed E-state index contributed by atoms with van der Waals surface area (Å²) in [5.41, 5.74) is 6.06. The normalized spacial score (nSPS) is 16.8. The number of rotatable bonds is 21. The van der Waals surface area contributed by atoms with Gasteiger partial charge in [-0.05, 0) is 96.5 Å². The Labute approximate surface area is 448 Å². The lowest BCUT2D eigenvalue weighted by Crippen LogP contribution is -2.52. The summed E-state index contributed by atoms with van der Waals surface area (Å²) in [4.78, 5) is 79.9. The van der Waals surface area contributed by atoms with Gasteiger partial charge in [0.15, 0.2) is 5.82 Å². The quantitative estimate of drug-likeness (QED) is 0.0651. The van der Waals surface area contributed by atoms with E-state index in [1.165, 1.54) is 15.2 Å². The molecular formula is C57H61FN12O8. The molecule has 3 N–H and O–H groups in total. The number of hydrogen-bond acceptors (Lipinski definition) is 15. The van der Waals surface area contributed by atoms with Crippen molar-refractivity contribution in [2.75, 3.05) is 69.4 Å². The zero-order valence-electron chi connectivity index (χ0n) is 43.4. The van der Waals surface area contributed by atoms with Crippen LogP contribution in [0.15, 0.2) is 101 Å². The monoisotopic (exact) mass is 1060 g/mol. The average Bonchev–Trinajstić information content (AvgIpc) is 4.22. The van der Waals surface area contributed by atoms with Gasteiger partial charge in [0.2, 0.25) is 11.8 Å². The number of imide groups is 1. The van der Waals surface area contributed by atoms with Crippen LogP contribution >= 0.6 is 0 Å². The number of halogens is 1. The van der Waals surface area contributed by atoms with Gasteiger partial charge in [-0.25, -0.2) is 19.0 Å². The smallest absolute Gasteiger partial charge is 0.293 e. The van der Waals surface area contributed by atoms with Gasteiger partial charge in [-0.1, -0.05) is 35.5 Å². The largest absolute Gasteiger partial charge is 0.392 e. The van der Waals surface area contributed by atoms with Crippen molar-refractivity contribution in [3.8, 4) is 16.9 Å². The van der Waals surface area contributed by atoms with Gasteiger partial charge < -0.3 is 34.3 Å². The molecule has 7 aromatic rings. The molecule has 1 saturated carbocycles. The van der Waals surface area contributed by atoms with Crippen molar-refractivity contribution in [2.24, 2.45) is 7.05 Å². The third-order valence-electron chi connectivity index (χ3n) is 15.2. The Hall–Kier alpha value is -7.98. The Kier molecular flexibility index (Phi) is 15.3. The van der Waals surface area contributed by atoms with Crippen molar-refractivity contribution in [3.63, 3.8) is 0 Å². The Morgan fingerprint density at radius 3 is 2.45 bits per heavy atom. The zero-order chi connectivity index (χ0) is 53.9. The first-order valence-electron chi connectivity index (χ1n) is 26.7. The van der Waals surface area contributed by atoms with Crippen LogP contribution in [0, 0.1) is 5.82 Å². The summed E-state index contributed by atoms with van der Waals surface area (Å²) in [5.74, 6) is -0.648. The number of hydrogen-bond donors (Lipinski definition) is 3. The van der Waals surface area contributed by atoms with Gasteiger partial charge >= 0.3 is 0 Å². The number of benzene rings is 3. The minimum Gasteiger partial charge on any atom is -0.392 e. The summed E-state index contributed by atoms with van der Waals surface area (Å²) in [6, 6.07) is 19.1. The molecule has 0 radical (unpaired) electrons. The van der Waals surface area contributed by atoms with Crippen LogP contribution < -0.4 is 26.7 Å². The second kappa shape index (κ2) is 22.9. The molecule has 1 unspecified atom stereocenters. The van der Waals surface area contributed by atoms with Crippen LogP contribution in [0.5, 0.6) is 0 Å². The van der Waals surface area contributed by atoms with E-state index >= 15 is 4.39 Å². The fraction of sp³-hybridized carbons (Fsp3) is 0.386. The van der Waals surface area contributed by atoms with E-state index in [9.17, 15) is 29.1 Å². The van der Waals surface area contributed by atoms with Crippen LogP contribution in [0.4, 0.5) is 21.7 Å². The third kappa shape index (κ3) is 11.2. The summed E-state index contributed by atoms with van der Waals surface area (Å²) in [6.07, 6.45) is 11.6. The molecule has 4 aromatic heterocycles. The van der Waals surface area contributed by atoms with Crippen molar-refractivity contribution in [2.45, 2.75) is 76.6 Å². The Balaban J connectivity index is 0.598. The molecule has 2 saturated heterocycles. The molecule has 3 amide bonds. The number of piperazine rings is 1. The van der Waals surface area contributed by atoms with Crippen LogP contribution in [0.3, 0.4) is 0 Å². The summed E-state index contributed by atoms with van der Waals surface area (Å²) in [5, 5.41) is 25.2. The summed E-state index contributed by atoms with van der Waals surface area (Å²) in [7, 11) is 1.61. The molecule has 7 heterocycles. The highest BCUT2D eigenvalue weighted by molar-refractivity contribution is 6.05. The number of aryl methyl sites for hydroxylation is 2. The molecule has 404 valence electrons. The molecule has 3 aliphatic heterocycles. The molecule has 4 aliphatic rings.